The first-order valence-electron chi connectivity index (χ1n) is 8.62. The second kappa shape index (κ2) is 7.83. The Bertz CT molecular complexity index is 1010. The van der Waals surface area contributed by atoms with Crippen LogP contribution in [0.1, 0.15) is 15.9 Å². The van der Waals surface area contributed by atoms with Crippen LogP contribution in [0.15, 0.2) is 54.7 Å². The average molecular weight is 378 g/mol. The minimum Gasteiger partial charge on any atom is -0.465 e. The van der Waals surface area contributed by atoms with Crippen LogP contribution in [-0.2, 0) is 11.3 Å². The van der Waals surface area contributed by atoms with Crippen molar-refractivity contribution in [2.75, 3.05) is 24.5 Å². The van der Waals surface area contributed by atoms with Crippen molar-refractivity contribution in [3.8, 4) is 11.5 Å². The summed E-state index contributed by atoms with van der Waals surface area (Å²) in [5.41, 5.74) is 2.21. The normalized spacial score (nSPS) is 11.8. The van der Waals surface area contributed by atoms with E-state index in [1.807, 2.05) is 24.3 Å². The molecule has 1 aliphatic heterocycles. The standard InChI is InChI=1S/C20H18N4O4/c1-26-19(25)14-3-2-4-15(10-14)23-18-7-8-21-20(24-18)22-11-13-5-6-16-17(9-13)28-12-27-16/h2-10H,11-12H2,1H3,(H2,21,22,23,24). The van der Waals surface area contributed by atoms with E-state index < -0.39 is 5.97 Å². The monoisotopic (exact) mass is 378 g/mol. The van der Waals surface area contributed by atoms with Crippen LogP contribution in [0.5, 0.6) is 11.5 Å². The Hall–Kier alpha value is -3.81. The molecule has 0 saturated carbocycles. The molecule has 28 heavy (non-hydrogen) atoms. The fraction of sp³-hybridized carbons (Fsp3) is 0.150. The van der Waals surface area contributed by atoms with Gasteiger partial charge in [-0.3, -0.25) is 0 Å². The van der Waals surface area contributed by atoms with Gasteiger partial charge in [0.25, 0.3) is 0 Å². The number of hydrogen-bond acceptors (Lipinski definition) is 8. The van der Waals surface area contributed by atoms with Gasteiger partial charge >= 0.3 is 5.97 Å². The Morgan fingerprint density at radius 3 is 2.93 bits per heavy atom. The zero-order valence-corrected chi connectivity index (χ0v) is 15.1. The van der Waals surface area contributed by atoms with Gasteiger partial charge in [-0.15, -0.1) is 0 Å². The lowest BCUT2D eigenvalue weighted by atomic mass is 10.2. The molecule has 0 saturated heterocycles. The van der Waals surface area contributed by atoms with E-state index in [4.69, 9.17) is 14.2 Å². The van der Waals surface area contributed by atoms with E-state index >= 15 is 0 Å². The first kappa shape index (κ1) is 17.6. The summed E-state index contributed by atoms with van der Waals surface area (Å²) < 4.78 is 15.4. The van der Waals surface area contributed by atoms with Crippen LogP contribution < -0.4 is 20.1 Å². The smallest absolute Gasteiger partial charge is 0.337 e. The molecule has 0 spiro atoms. The molecular formula is C20H18N4O4. The van der Waals surface area contributed by atoms with Crippen molar-refractivity contribution in [3.63, 3.8) is 0 Å². The number of esters is 1. The number of benzene rings is 2. The number of hydrogen-bond donors (Lipinski definition) is 2. The second-order valence-corrected chi connectivity index (χ2v) is 6.00. The van der Waals surface area contributed by atoms with Gasteiger partial charge in [-0.05, 0) is 42.0 Å². The molecule has 142 valence electrons. The predicted octanol–water partition coefficient (Wildman–Crippen LogP) is 3.35. The third-order valence-electron chi connectivity index (χ3n) is 4.10. The number of rotatable bonds is 6. The first-order valence-corrected chi connectivity index (χ1v) is 8.62. The third kappa shape index (κ3) is 3.96. The highest BCUT2D eigenvalue weighted by Gasteiger charge is 2.13. The average Bonchev–Trinajstić information content (AvgIpc) is 3.20. The molecule has 8 heteroatoms. The van der Waals surface area contributed by atoms with Crippen LogP contribution in [0, 0.1) is 0 Å². The molecule has 0 fully saturated rings. The van der Waals surface area contributed by atoms with Crippen LogP contribution in [0.3, 0.4) is 0 Å². The van der Waals surface area contributed by atoms with E-state index in [2.05, 4.69) is 20.6 Å². The Labute approximate surface area is 161 Å². The molecule has 1 aromatic heterocycles. The summed E-state index contributed by atoms with van der Waals surface area (Å²) in [6.45, 7) is 0.790. The molecule has 0 radical (unpaired) electrons. The number of ether oxygens (including phenoxy) is 3. The van der Waals surface area contributed by atoms with Crippen LogP contribution in [-0.4, -0.2) is 29.8 Å². The van der Waals surface area contributed by atoms with Crippen molar-refractivity contribution in [1.82, 2.24) is 9.97 Å². The van der Waals surface area contributed by atoms with Crippen LogP contribution >= 0.6 is 0 Å². The Morgan fingerprint density at radius 1 is 1.14 bits per heavy atom. The van der Waals surface area contributed by atoms with Crippen LogP contribution in [0.25, 0.3) is 0 Å². The quantitative estimate of drug-likeness (QED) is 0.631. The maximum atomic E-state index is 11.7. The summed E-state index contributed by atoms with van der Waals surface area (Å²) in [5, 5.41) is 6.34. The summed E-state index contributed by atoms with van der Waals surface area (Å²) in [6.07, 6.45) is 1.65. The summed E-state index contributed by atoms with van der Waals surface area (Å²) in [6, 6.07) is 14.5. The van der Waals surface area contributed by atoms with Gasteiger partial charge < -0.3 is 24.8 Å². The van der Waals surface area contributed by atoms with Gasteiger partial charge in [0.15, 0.2) is 11.5 Å². The zero-order valence-electron chi connectivity index (χ0n) is 15.1. The molecule has 0 atom stereocenters. The van der Waals surface area contributed by atoms with Crippen molar-refractivity contribution in [2.45, 2.75) is 6.54 Å². The van der Waals surface area contributed by atoms with E-state index in [1.165, 1.54) is 7.11 Å². The number of methoxy groups -OCH3 is 1. The third-order valence-corrected chi connectivity index (χ3v) is 4.10. The number of carbonyl (C=O) groups excluding carboxylic acids is 1. The van der Waals surface area contributed by atoms with Gasteiger partial charge in [0.1, 0.15) is 5.82 Å². The number of anilines is 3. The highest BCUT2D eigenvalue weighted by Crippen LogP contribution is 2.32. The van der Waals surface area contributed by atoms with Gasteiger partial charge in [-0.25, -0.2) is 9.78 Å². The highest BCUT2D eigenvalue weighted by atomic mass is 16.7. The van der Waals surface area contributed by atoms with Crippen molar-refractivity contribution in [2.24, 2.45) is 0 Å². The lowest BCUT2D eigenvalue weighted by molar-refractivity contribution is 0.0601. The minimum atomic E-state index is -0.391. The molecule has 2 aromatic carbocycles. The van der Waals surface area contributed by atoms with Crippen molar-refractivity contribution in [1.29, 1.82) is 0 Å². The predicted molar refractivity (Wildman–Crippen MR) is 103 cm³/mol. The van der Waals surface area contributed by atoms with Gasteiger partial charge in [-0.2, -0.15) is 4.98 Å². The molecule has 1 aliphatic rings. The minimum absolute atomic E-state index is 0.250. The second-order valence-electron chi connectivity index (χ2n) is 6.00. The molecule has 3 aromatic rings. The van der Waals surface area contributed by atoms with E-state index in [9.17, 15) is 4.79 Å². The van der Waals surface area contributed by atoms with E-state index in [0.717, 1.165) is 22.7 Å². The molecule has 2 N–H and O–H groups in total. The van der Waals surface area contributed by atoms with Gasteiger partial charge in [0.05, 0.1) is 12.7 Å². The van der Waals surface area contributed by atoms with Crippen molar-refractivity contribution in [3.05, 3.63) is 65.9 Å². The maximum Gasteiger partial charge on any atom is 0.337 e. The molecular weight excluding hydrogens is 360 g/mol. The molecule has 4 rings (SSSR count). The molecule has 2 heterocycles. The summed E-state index contributed by atoms with van der Waals surface area (Å²) >= 11 is 0. The molecule has 0 unspecified atom stereocenters. The van der Waals surface area contributed by atoms with E-state index in [0.29, 0.717) is 23.9 Å². The highest BCUT2D eigenvalue weighted by molar-refractivity contribution is 5.90. The first-order chi connectivity index (χ1) is 13.7. The summed E-state index contributed by atoms with van der Waals surface area (Å²) in [5.74, 6) is 2.18. The van der Waals surface area contributed by atoms with Crippen molar-refractivity contribution < 1.29 is 19.0 Å². The Kier molecular flexibility index (Phi) is 4.92. The summed E-state index contributed by atoms with van der Waals surface area (Å²) in [7, 11) is 1.35. The molecule has 0 amide bonds. The molecule has 0 bridgehead atoms. The molecule has 8 nitrogen and oxygen atoms in total. The van der Waals surface area contributed by atoms with Gasteiger partial charge in [0, 0.05) is 18.4 Å². The SMILES string of the molecule is COC(=O)c1cccc(Nc2ccnc(NCc3ccc4c(c3)OCO4)n2)c1. The van der Waals surface area contributed by atoms with E-state index in [-0.39, 0.29) is 6.79 Å². The van der Waals surface area contributed by atoms with E-state index in [1.54, 1.807) is 30.5 Å². The van der Waals surface area contributed by atoms with Crippen molar-refractivity contribution >= 4 is 23.4 Å². The van der Waals surface area contributed by atoms with Gasteiger partial charge in [-0.1, -0.05) is 12.1 Å². The van der Waals surface area contributed by atoms with Crippen LogP contribution in [0.4, 0.5) is 17.5 Å². The van der Waals surface area contributed by atoms with Crippen LogP contribution in [0.2, 0.25) is 0 Å². The number of aromatic nitrogens is 2. The number of fused-ring (bicyclic) bond motifs is 1. The number of nitrogens with one attached hydrogen (secondary N) is 2. The Balaban J connectivity index is 1.42. The lowest BCUT2D eigenvalue weighted by Crippen LogP contribution is -2.05. The Morgan fingerprint density at radius 2 is 2.04 bits per heavy atom. The fourth-order valence-electron chi connectivity index (χ4n) is 2.74. The maximum absolute atomic E-state index is 11.7. The van der Waals surface area contributed by atoms with Gasteiger partial charge in [0.2, 0.25) is 12.7 Å². The fourth-order valence-corrected chi connectivity index (χ4v) is 2.74. The lowest BCUT2D eigenvalue weighted by Gasteiger charge is -2.09. The summed E-state index contributed by atoms with van der Waals surface area (Å²) in [4.78, 5) is 20.3. The largest absolute Gasteiger partial charge is 0.465 e. The topological polar surface area (TPSA) is 94.6 Å². The number of carbonyl (C=O) groups is 1. The molecule has 0 aliphatic carbocycles. The zero-order chi connectivity index (χ0) is 19.3. The number of nitrogens with zero attached hydrogens (tertiary/aromatic N) is 2.